The number of hydrogen-bond donors (Lipinski definition) is 1. The van der Waals surface area contributed by atoms with Crippen LogP contribution >= 0.6 is 0 Å². The number of aliphatic hydroxyl groups excluding tert-OH is 1. The van der Waals surface area contributed by atoms with Gasteiger partial charge in [-0.05, 0) is 72.5 Å². The molecule has 38 heavy (non-hydrogen) atoms. The van der Waals surface area contributed by atoms with Crippen molar-refractivity contribution in [2.75, 3.05) is 6.61 Å². The Bertz CT molecular complexity index is 1370. The van der Waals surface area contributed by atoms with Crippen LogP contribution in [-0.4, -0.2) is 39.4 Å². The van der Waals surface area contributed by atoms with Crippen LogP contribution in [0.2, 0.25) is 0 Å². The smallest absolute Gasteiger partial charge is 0.295 e. The maximum atomic E-state index is 13.4. The van der Waals surface area contributed by atoms with E-state index in [1.807, 2.05) is 49.4 Å². The van der Waals surface area contributed by atoms with Gasteiger partial charge in [0.1, 0.15) is 23.4 Å². The molecule has 0 spiro atoms. The summed E-state index contributed by atoms with van der Waals surface area (Å²) in [5.74, 6) is -0.114. The van der Waals surface area contributed by atoms with E-state index in [9.17, 15) is 14.7 Å². The van der Waals surface area contributed by atoms with Crippen molar-refractivity contribution in [3.05, 3.63) is 94.8 Å². The minimum Gasteiger partial charge on any atom is -0.507 e. The number of ether oxygens (including phenoxy) is 2. The van der Waals surface area contributed by atoms with Gasteiger partial charge < -0.3 is 19.5 Å². The zero-order valence-corrected chi connectivity index (χ0v) is 21.7. The van der Waals surface area contributed by atoms with Crippen LogP contribution in [0.4, 0.5) is 0 Å². The van der Waals surface area contributed by atoms with Crippen LogP contribution in [0.3, 0.4) is 0 Å². The molecule has 5 rings (SSSR count). The molecule has 1 N–H and O–H groups in total. The minimum absolute atomic E-state index is 0.0494. The highest BCUT2D eigenvalue weighted by atomic mass is 16.5. The zero-order valence-electron chi connectivity index (χ0n) is 21.7. The van der Waals surface area contributed by atoms with Crippen molar-refractivity contribution >= 4 is 17.4 Å². The van der Waals surface area contributed by atoms with Crippen LogP contribution in [0, 0.1) is 0 Å². The molecule has 0 saturated carbocycles. The number of carbonyl (C=O) groups is 2. The highest BCUT2D eigenvalue weighted by Crippen LogP contribution is 2.42. The van der Waals surface area contributed by atoms with Gasteiger partial charge >= 0.3 is 0 Å². The molecule has 3 aromatic rings. The fourth-order valence-electron chi connectivity index (χ4n) is 5.12. The lowest BCUT2D eigenvalue weighted by atomic mass is 9.94. The number of Topliss-reactive ketones (excluding diaryl/α,β-unsaturated/α-hetero) is 1. The number of ketones is 1. The number of amides is 1. The van der Waals surface area contributed by atoms with Gasteiger partial charge in [-0.2, -0.15) is 0 Å². The molecule has 7 heteroatoms. The molecule has 2 aliphatic heterocycles. The normalized spacial score (nSPS) is 19.9. The van der Waals surface area contributed by atoms with E-state index in [1.54, 1.807) is 24.5 Å². The predicted molar refractivity (Wildman–Crippen MR) is 144 cm³/mol. The summed E-state index contributed by atoms with van der Waals surface area (Å²) >= 11 is 0. The standard InChI is InChI=1S/C31H32N2O5/c1-3-4-5-15-37-25-8-6-7-22(18-25)28-27(29(34)23-9-10-26-24(17-23)16-20(2)38-26)30(35)31(36)33(28)19-21-11-13-32-14-12-21/h6-14,17-18,20,28,34H,3-5,15-16,19H2,1-2H3/b29-27+/t20-,28-/m1/s1. The Kier molecular flexibility index (Phi) is 7.45. The molecule has 0 unspecified atom stereocenters. The van der Waals surface area contributed by atoms with E-state index in [0.717, 1.165) is 36.1 Å². The number of benzene rings is 2. The Morgan fingerprint density at radius 3 is 2.71 bits per heavy atom. The first-order chi connectivity index (χ1) is 18.5. The number of fused-ring (bicyclic) bond motifs is 1. The Morgan fingerprint density at radius 1 is 1.11 bits per heavy atom. The molecule has 1 fully saturated rings. The molecule has 2 aliphatic rings. The third kappa shape index (κ3) is 5.14. The Morgan fingerprint density at radius 2 is 1.92 bits per heavy atom. The lowest BCUT2D eigenvalue weighted by molar-refractivity contribution is -0.140. The number of pyridine rings is 1. The van der Waals surface area contributed by atoms with Crippen molar-refractivity contribution in [2.45, 2.75) is 58.2 Å². The number of nitrogens with zero attached hydrogens (tertiary/aromatic N) is 2. The van der Waals surface area contributed by atoms with Gasteiger partial charge in [0.05, 0.1) is 18.2 Å². The predicted octanol–water partition coefficient (Wildman–Crippen LogP) is 5.60. The first-order valence-electron chi connectivity index (χ1n) is 13.2. The third-order valence-electron chi connectivity index (χ3n) is 7.00. The summed E-state index contributed by atoms with van der Waals surface area (Å²) in [5.41, 5.74) is 3.06. The van der Waals surface area contributed by atoms with Crippen molar-refractivity contribution in [3.8, 4) is 11.5 Å². The number of rotatable bonds is 9. The fraction of sp³-hybridized carbons (Fsp3) is 0.323. The van der Waals surface area contributed by atoms with Gasteiger partial charge in [0, 0.05) is 30.9 Å². The lowest BCUT2D eigenvalue weighted by Crippen LogP contribution is -2.29. The van der Waals surface area contributed by atoms with Crippen LogP contribution < -0.4 is 9.47 Å². The maximum absolute atomic E-state index is 13.4. The van der Waals surface area contributed by atoms with E-state index in [0.29, 0.717) is 29.9 Å². The molecule has 196 valence electrons. The van der Waals surface area contributed by atoms with E-state index in [4.69, 9.17) is 9.47 Å². The van der Waals surface area contributed by atoms with Gasteiger partial charge in [-0.1, -0.05) is 31.9 Å². The highest BCUT2D eigenvalue weighted by Gasteiger charge is 2.46. The Hall–Kier alpha value is -4.13. The number of aliphatic hydroxyl groups is 1. The number of unbranched alkanes of at least 4 members (excludes halogenated alkanes) is 2. The van der Waals surface area contributed by atoms with Crippen LogP contribution in [0.5, 0.6) is 11.5 Å². The monoisotopic (exact) mass is 512 g/mol. The van der Waals surface area contributed by atoms with Crippen molar-refractivity contribution in [2.24, 2.45) is 0 Å². The van der Waals surface area contributed by atoms with Gasteiger partial charge in [0.2, 0.25) is 0 Å². The van der Waals surface area contributed by atoms with Crippen molar-refractivity contribution in [1.82, 2.24) is 9.88 Å². The number of carbonyl (C=O) groups excluding carboxylic acids is 2. The molecule has 7 nitrogen and oxygen atoms in total. The van der Waals surface area contributed by atoms with Crippen LogP contribution in [-0.2, 0) is 22.6 Å². The van der Waals surface area contributed by atoms with Gasteiger partial charge in [0.25, 0.3) is 11.7 Å². The van der Waals surface area contributed by atoms with Crippen LogP contribution in [0.1, 0.15) is 61.4 Å². The Balaban J connectivity index is 1.56. The fourth-order valence-corrected chi connectivity index (χ4v) is 5.12. The first kappa shape index (κ1) is 25.5. The second kappa shape index (κ2) is 11.1. The molecule has 0 aliphatic carbocycles. The molecular weight excluding hydrogens is 480 g/mol. The molecular formula is C31H32N2O5. The average molecular weight is 513 g/mol. The summed E-state index contributed by atoms with van der Waals surface area (Å²) in [5, 5.41) is 11.5. The lowest BCUT2D eigenvalue weighted by Gasteiger charge is -2.26. The van der Waals surface area contributed by atoms with Gasteiger partial charge in [0.15, 0.2) is 0 Å². The second-order valence-electron chi connectivity index (χ2n) is 9.87. The van der Waals surface area contributed by atoms with Crippen LogP contribution in [0.15, 0.2) is 72.6 Å². The van der Waals surface area contributed by atoms with Crippen molar-refractivity contribution in [3.63, 3.8) is 0 Å². The summed E-state index contributed by atoms with van der Waals surface area (Å²) in [7, 11) is 0. The number of hydrogen-bond acceptors (Lipinski definition) is 6. The minimum atomic E-state index is -0.772. The van der Waals surface area contributed by atoms with E-state index in [2.05, 4.69) is 11.9 Å². The summed E-state index contributed by atoms with van der Waals surface area (Å²) in [6.45, 7) is 4.92. The molecule has 2 atom stereocenters. The van der Waals surface area contributed by atoms with E-state index < -0.39 is 17.7 Å². The highest BCUT2D eigenvalue weighted by molar-refractivity contribution is 6.46. The summed E-state index contributed by atoms with van der Waals surface area (Å²) < 4.78 is 11.8. The Labute approximate surface area is 222 Å². The number of aromatic nitrogens is 1. The molecule has 1 aromatic heterocycles. The first-order valence-corrected chi connectivity index (χ1v) is 13.2. The van der Waals surface area contributed by atoms with Crippen molar-refractivity contribution in [1.29, 1.82) is 0 Å². The third-order valence-corrected chi connectivity index (χ3v) is 7.00. The molecule has 1 amide bonds. The van der Waals surface area contributed by atoms with Gasteiger partial charge in [-0.15, -0.1) is 0 Å². The molecule has 0 radical (unpaired) electrons. The zero-order chi connectivity index (χ0) is 26.6. The van der Waals surface area contributed by atoms with Gasteiger partial charge in [-0.3, -0.25) is 14.6 Å². The molecule has 1 saturated heterocycles. The molecule has 3 heterocycles. The van der Waals surface area contributed by atoms with Crippen molar-refractivity contribution < 1.29 is 24.2 Å². The topological polar surface area (TPSA) is 89.0 Å². The van der Waals surface area contributed by atoms with Crippen LogP contribution in [0.25, 0.3) is 5.76 Å². The SMILES string of the molecule is CCCCCOc1cccc([C@@H]2/C(=C(\O)c3ccc4c(c3)C[C@@H](C)O4)C(=O)C(=O)N2Cc2ccncc2)c1. The molecule has 2 aromatic carbocycles. The summed E-state index contributed by atoms with van der Waals surface area (Å²) in [6.07, 6.45) is 7.19. The number of likely N-dealkylation sites (tertiary alicyclic amines) is 1. The summed E-state index contributed by atoms with van der Waals surface area (Å²) in [4.78, 5) is 32.4. The van der Waals surface area contributed by atoms with E-state index >= 15 is 0 Å². The largest absolute Gasteiger partial charge is 0.507 e. The summed E-state index contributed by atoms with van der Waals surface area (Å²) in [6, 6.07) is 15.7. The second-order valence-corrected chi connectivity index (χ2v) is 9.87. The van der Waals surface area contributed by atoms with Gasteiger partial charge in [-0.25, -0.2) is 0 Å². The van der Waals surface area contributed by atoms with E-state index in [1.165, 1.54) is 4.90 Å². The van der Waals surface area contributed by atoms with E-state index in [-0.39, 0.29) is 24.0 Å². The molecule has 0 bridgehead atoms. The quantitative estimate of drug-likeness (QED) is 0.174. The average Bonchev–Trinajstić information content (AvgIpc) is 3.42. The maximum Gasteiger partial charge on any atom is 0.295 e.